The van der Waals surface area contributed by atoms with Gasteiger partial charge in [0.15, 0.2) is 5.16 Å². The summed E-state index contributed by atoms with van der Waals surface area (Å²) in [6.07, 6.45) is 5.51. The van der Waals surface area contributed by atoms with E-state index in [1.807, 2.05) is 24.3 Å². The number of nitrogens with zero attached hydrogens (tertiary/aromatic N) is 2. The van der Waals surface area contributed by atoms with E-state index in [0.717, 1.165) is 19.3 Å². The van der Waals surface area contributed by atoms with Crippen LogP contribution >= 0.6 is 11.8 Å². The lowest BCUT2D eigenvalue weighted by Gasteiger charge is -2.34. The molecule has 2 aliphatic carbocycles. The van der Waals surface area contributed by atoms with Gasteiger partial charge in [0, 0.05) is 12.1 Å². The lowest BCUT2D eigenvalue weighted by molar-refractivity contribution is -0.120. The maximum absolute atomic E-state index is 12.9. The average Bonchev–Trinajstić information content (AvgIpc) is 3.49. The monoisotopic (exact) mass is 385 g/mol. The van der Waals surface area contributed by atoms with Crippen molar-refractivity contribution in [2.45, 2.75) is 63.2 Å². The summed E-state index contributed by atoms with van der Waals surface area (Å²) in [5, 5.41) is 4.53. The molecule has 1 aromatic heterocycles. The Hall–Kier alpha value is -1.82. The van der Waals surface area contributed by atoms with Gasteiger partial charge in [-0.25, -0.2) is 4.98 Å². The van der Waals surface area contributed by atoms with E-state index in [9.17, 15) is 9.59 Å². The van der Waals surface area contributed by atoms with Crippen molar-refractivity contribution in [2.24, 2.45) is 11.8 Å². The first-order valence-electron chi connectivity index (χ1n) is 9.98. The van der Waals surface area contributed by atoms with Gasteiger partial charge in [-0.15, -0.1) is 0 Å². The Kier molecular flexibility index (Phi) is 5.26. The van der Waals surface area contributed by atoms with Gasteiger partial charge in [0.05, 0.1) is 16.7 Å². The summed E-state index contributed by atoms with van der Waals surface area (Å²) in [7, 11) is 0. The fourth-order valence-electron chi connectivity index (χ4n) is 4.05. The van der Waals surface area contributed by atoms with E-state index < -0.39 is 0 Å². The van der Waals surface area contributed by atoms with Crippen molar-refractivity contribution in [3.63, 3.8) is 0 Å². The van der Waals surface area contributed by atoms with Crippen LogP contribution in [0.3, 0.4) is 0 Å². The highest BCUT2D eigenvalue weighted by atomic mass is 32.2. The number of hydrogen-bond acceptors (Lipinski definition) is 4. The predicted octanol–water partition coefficient (Wildman–Crippen LogP) is 3.76. The molecule has 0 aliphatic heterocycles. The second-order valence-electron chi connectivity index (χ2n) is 8.05. The van der Waals surface area contributed by atoms with Crippen LogP contribution in [0.15, 0.2) is 34.2 Å². The molecule has 1 N–H and O–H groups in total. The number of para-hydroxylation sites is 1. The molecule has 2 aliphatic rings. The first-order valence-corrected chi connectivity index (χ1v) is 11.0. The number of hydrogen-bond donors (Lipinski definition) is 1. The Bertz CT molecular complexity index is 906. The molecule has 2 fully saturated rings. The highest BCUT2D eigenvalue weighted by molar-refractivity contribution is 7.99. The molecule has 0 spiro atoms. The van der Waals surface area contributed by atoms with Gasteiger partial charge < -0.3 is 5.32 Å². The molecule has 1 heterocycles. The summed E-state index contributed by atoms with van der Waals surface area (Å²) >= 11 is 1.38. The topological polar surface area (TPSA) is 64.0 Å². The predicted molar refractivity (Wildman–Crippen MR) is 109 cm³/mol. The Labute approximate surface area is 163 Å². The van der Waals surface area contributed by atoms with Gasteiger partial charge in [-0.3, -0.25) is 14.2 Å². The highest BCUT2D eigenvalue weighted by Gasteiger charge is 2.30. The lowest BCUT2D eigenvalue weighted by Crippen LogP contribution is -2.44. The molecule has 2 aromatic rings. The van der Waals surface area contributed by atoms with Crippen LogP contribution in [-0.4, -0.2) is 27.3 Å². The van der Waals surface area contributed by atoms with Crippen LogP contribution in [0, 0.1) is 11.8 Å². The zero-order valence-corrected chi connectivity index (χ0v) is 16.8. The summed E-state index contributed by atoms with van der Waals surface area (Å²) in [5.74, 6) is 1.50. The van der Waals surface area contributed by atoms with Crippen LogP contribution in [0.25, 0.3) is 10.9 Å². The molecular weight excluding hydrogens is 358 g/mol. The number of amides is 1. The van der Waals surface area contributed by atoms with Gasteiger partial charge in [-0.1, -0.05) is 50.6 Å². The standard InChI is InChI=1S/C21H27N3O2S/c1-13-6-5-9-17(14(13)2)22-19(25)12-27-21-23-18-8-4-3-7-16(18)20(26)24(21)15-10-11-15/h3-4,7-8,13-15,17H,5-6,9-12H2,1-2H3,(H,22,25). The summed E-state index contributed by atoms with van der Waals surface area (Å²) in [6.45, 7) is 4.50. The van der Waals surface area contributed by atoms with Crippen LogP contribution in [0.4, 0.5) is 0 Å². The van der Waals surface area contributed by atoms with Gasteiger partial charge in [0.2, 0.25) is 5.91 Å². The zero-order chi connectivity index (χ0) is 19.0. The van der Waals surface area contributed by atoms with Crippen molar-refractivity contribution in [3.8, 4) is 0 Å². The molecule has 3 unspecified atom stereocenters. The molecule has 1 aromatic carbocycles. The third-order valence-corrected chi connectivity index (χ3v) is 7.03. The Morgan fingerprint density at radius 2 is 2.00 bits per heavy atom. The number of thioether (sulfide) groups is 1. The summed E-state index contributed by atoms with van der Waals surface area (Å²) in [6, 6.07) is 7.95. The number of carbonyl (C=O) groups is 1. The molecule has 3 atom stereocenters. The van der Waals surface area contributed by atoms with Crippen LogP contribution in [0.2, 0.25) is 0 Å². The fraction of sp³-hybridized carbons (Fsp3) is 0.571. The number of fused-ring (bicyclic) bond motifs is 1. The molecule has 6 heteroatoms. The lowest BCUT2D eigenvalue weighted by atomic mass is 9.78. The Morgan fingerprint density at radius 1 is 1.22 bits per heavy atom. The highest BCUT2D eigenvalue weighted by Crippen LogP contribution is 2.37. The average molecular weight is 386 g/mol. The van der Waals surface area contributed by atoms with E-state index >= 15 is 0 Å². The molecular formula is C21H27N3O2S. The SMILES string of the molecule is CC1CCCC(NC(=O)CSc2nc3ccccc3c(=O)n2C2CC2)C1C. The molecule has 4 rings (SSSR count). The van der Waals surface area contributed by atoms with Gasteiger partial charge in [0.25, 0.3) is 5.56 Å². The van der Waals surface area contributed by atoms with Crippen LogP contribution in [0.5, 0.6) is 0 Å². The van der Waals surface area contributed by atoms with Gasteiger partial charge >= 0.3 is 0 Å². The van der Waals surface area contributed by atoms with E-state index in [1.54, 1.807) is 4.57 Å². The fourth-order valence-corrected chi connectivity index (χ4v) is 4.92. The Balaban J connectivity index is 1.49. The van der Waals surface area contributed by atoms with Gasteiger partial charge in [-0.2, -0.15) is 0 Å². The zero-order valence-electron chi connectivity index (χ0n) is 16.0. The maximum atomic E-state index is 12.9. The molecule has 0 saturated heterocycles. The number of aromatic nitrogens is 2. The molecule has 27 heavy (non-hydrogen) atoms. The smallest absolute Gasteiger partial charge is 0.262 e. The van der Waals surface area contributed by atoms with Crippen molar-refractivity contribution in [3.05, 3.63) is 34.6 Å². The summed E-state index contributed by atoms with van der Waals surface area (Å²) < 4.78 is 1.80. The number of carbonyl (C=O) groups excluding carboxylic acids is 1. The molecule has 0 bridgehead atoms. The van der Waals surface area contributed by atoms with Crippen LogP contribution in [-0.2, 0) is 4.79 Å². The number of benzene rings is 1. The first kappa shape index (κ1) is 18.5. The maximum Gasteiger partial charge on any atom is 0.262 e. The normalized spacial score (nSPS) is 25.5. The Morgan fingerprint density at radius 3 is 2.78 bits per heavy atom. The van der Waals surface area contributed by atoms with Crippen molar-refractivity contribution in [2.75, 3.05) is 5.75 Å². The minimum atomic E-state index is 0.0146. The number of nitrogens with one attached hydrogen (secondary N) is 1. The van der Waals surface area contributed by atoms with Crippen molar-refractivity contribution >= 4 is 28.6 Å². The molecule has 5 nitrogen and oxygen atoms in total. The third-order valence-electron chi connectivity index (χ3n) is 6.07. The first-order chi connectivity index (χ1) is 13.0. The van der Waals surface area contributed by atoms with Crippen LogP contribution in [0.1, 0.15) is 52.0 Å². The minimum absolute atomic E-state index is 0.0146. The van der Waals surface area contributed by atoms with Gasteiger partial charge in [-0.05, 0) is 43.2 Å². The molecule has 144 valence electrons. The largest absolute Gasteiger partial charge is 0.352 e. The second-order valence-corrected chi connectivity index (χ2v) is 8.99. The van der Waals surface area contributed by atoms with Crippen LogP contribution < -0.4 is 10.9 Å². The van der Waals surface area contributed by atoms with E-state index in [2.05, 4.69) is 24.1 Å². The molecule has 1 amide bonds. The minimum Gasteiger partial charge on any atom is -0.352 e. The number of rotatable bonds is 5. The van der Waals surface area contributed by atoms with E-state index in [1.165, 1.54) is 24.6 Å². The quantitative estimate of drug-likeness (QED) is 0.629. The summed E-state index contributed by atoms with van der Waals surface area (Å²) in [4.78, 5) is 30.1. The van der Waals surface area contributed by atoms with Gasteiger partial charge in [0.1, 0.15) is 0 Å². The molecule has 0 radical (unpaired) electrons. The van der Waals surface area contributed by atoms with E-state index in [4.69, 9.17) is 0 Å². The summed E-state index contributed by atoms with van der Waals surface area (Å²) in [5.41, 5.74) is 0.720. The third kappa shape index (κ3) is 3.91. The van der Waals surface area contributed by atoms with Crippen molar-refractivity contribution in [1.29, 1.82) is 0 Å². The van der Waals surface area contributed by atoms with Crippen molar-refractivity contribution < 1.29 is 4.79 Å². The second kappa shape index (κ2) is 7.66. The molecule has 2 saturated carbocycles. The van der Waals surface area contributed by atoms with E-state index in [0.29, 0.717) is 33.6 Å². The van der Waals surface area contributed by atoms with E-state index in [-0.39, 0.29) is 23.6 Å². The van der Waals surface area contributed by atoms with Crippen molar-refractivity contribution in [1.82, 2.24) is 14.9 Å².